The van der Waals surface area contributed by atoms with Crippen LogP contribution >= 0.6 is 0 Å². The molecule has 2 amide bonds. The molecule has 0 radical (unpaired) electrons. The van der Waals surface area contributed by atoms with Crippen molar-refractivity contribution in [2.24, 2.45) is 5.10 Å². The normalized spacial score (nSPS) is 10.4. The number of aryl methyl sites for hydroxylation is 1. The molecule has 3 aromatic carbocycles. The molecule has 3 rings (SSSR count). The number of hydrogen-bond acceptors (Lipinski definition) is 7. The van der Waals surface area contributed by atoms with E-state index in [1.807, 2.05) is 19.1 Å². The summed E-state index contributed by atoms with van der Waals surface area (Å²) >= 11 is 0. The van der Waals surface area contributed by atoms with Crippen LogP contribution in [-0.4, -0.2) is 38.2 Å². The van der Waals surface area contributed by atoms with E-state index in [9.17, 15) is 14.4 Å². The zero-order valence-corrected chi connectivity index (χ0v) is 18.8. The van der Waals surface area contributed by atoms with Gasteiger partial charge in [0, 0.05) is 5.69 Å². The summed E-state index contributed by atoms with van der Waals surface area (Å²) in [6, 6.07) is 18.3. The molecule has 34 heavy (non-hydrogen) atoms. The second kappa shape index (κ2) is 11.3. The van der Waals surface area contributed by atoms with Crippen LogP contribution in [0.25, 0.3) is 0 Å². The van der Waals surface area contributed by atoms with Gasteiger partial charge in [0.05, 0.1) is 26.0 Å². The summed E-state index contributed by atoms with van der Waals surface area (Å²) in [5.41, 5.74) is 4.42. The quantitative estimate of drug-likeness (QED) is 0.183. The first-order valence-corrected chi connectivity index (χ1v) is 10.2. The third-order valence-electron chi connectivity index (χ3n) is 4.70. The van der Waals surface area contributed by atoms with Crippen LogP contribution in [0.1, 0.15) is 21.5 Å². The number of para-hydroxylation sites is 1. The molecule has 0 saturated heterocycles. The number of nitrogens with zero attached hydrogens (tertiary/aromatic N) is 1. The van der Waals surface area contributed by atoms with Crippen molar-refractivity contribution in [1.82, 2.24) is 5.43 Å². The van der Waals surface area contributed by atoms with E-state index in [0.717, 1.165) is 5.56 Å². The minimum Gasteiger partial charge on any atom is -0.497 e. The van der Waals surface area contributed by atoms with Crippen LogP contribution in [0.2, 0.25) is 0 Å². The Hall–Kier alpha value is -4.66. The van der Waals surface area contributed by atoms with Gasteiger partial charge in [0.1, 0.15) is 5.75 Å². The Morgan fingerprint density at radius 3 is 2.26 bits per heavy atom. The van der Waals surface area contributed by atoms with Gasteiger partial charge >= 0.3 is 17.8 Å². The van der Waals surface area contributed by atoms with E-state index in [-0.39, 0.29) is 11.5 Å². The fourth-order valence-electron chi connectivity index (χ4n) is 2.84. The van der Waals surface area contributed by atoms with Gasteiger partial charge in [0.25, 0.3) is 0 Å². The molecule has 9 heteroatoms. The van der Waals surface area contributed by atoms with Crippen LogP contribution in [0, 0.1) is 6.92 Å². The fourth-order valence-corrected chi connectivity index (χ4v) is 2.84. The molecule has 174 valence electrons. The summed E-state index contributed by atoms with van der Waals surface area (Å²) in [5.74, 6) is -1.20. The molecule has 0 aliphatic heterocycles. The smallest absolute Gasteiger partial charge is 0.343 e. The highest BCUT2D eigenvalue weighted by Crippen LogP contribution is 2.28. The lowest BCUT2D eigenvalue weighted by molar-refractivity contribution is -0.136. The van der Waals surface area contributed by atoms with Crippen molar-refractivity contribution >= 4 is 29.7 Å². The Labute approximate surface area is 196 Å². The van der Waals surface area contributed by atoms with Gasteiger partial charge in [-0.15, -0.1) is 0 Å². The first kappa shape index (κ1) is 24.0. The van der Waals surface area contributed by atoms with Gasteiger partial charge in [0.15, 0.2) is 11.5 Å². The zero-order valence-electron chi connectivity index (χ0n) is 18.8. The monoisotopic (exact) mass is 461 g/mol. The number of esters is 1. The van der Waals surface area contributed by atoms with E-state index >= 15 is 0 Å². The third-order valence-corrected chi connectivity index (χ3v) is 4.70. The predicted molar refractivity (Wildman–Crippen MR) is 126 cm³/mol. The maximum atomic E-state index is 12.4. The van der Waals surface area contributed by atoms with E-state index in [2.05, 4.69) is 15.8 Å². The number of methoxy groups -OCH3 is 2. The van der Waals surface area contributed by atoms with Gasteiger partial charge in [-0.05, 0) is 66.6 Å². The van der Waals surface area contributed by atoms with Gasteiger partial charge in [0.2, 0.25) is 0 Å². The van der Waals surface area contributed by atoms with Crippen LogP contribution in [-0.2, 0) is 9.59 Å². The number of carbonyl (C=O) groups is 3. The third kappa shape index (κ3) is 6.19. The molecular formula is C25H23N3O6. The average molecular weight is 461 g/mol. The van der Waals surface area contributed by atoms with Crippen LogP contribution in [0.4, 0.5) is 5.69 Å². The van der Waals surface area contributed by atoms with Gasteiger partial charge in [-0.25, -0.2) is 10.2 Å². The van der Waals surface area contributed by atoms with Crippen molar-refractivity contribution in [2.45, 2.75) is 6.92 Å². The molecule has 0 bridgehead atoms. The Morgan fingerprint density at radius 1 is 0.853 bits per heavy atom. The minimum atomic E-state index is -0.920. The van der Waals surface area contributed by atoms with Crippen molar-refractivity contribution in [3.05, 3.63) is 83.4 Å². The minimum absolute atomic E-state index is 0.210. The number of hydrazone groups is 1. The predicted octanol–water partition coefficient (Wildman–Crippen LogP) is 3.32. The Kier molecular flexibility index (Phi) is 7.96. The highest BCUT2D eigenvalue weighted by atomic mass is 16.6. The molecule has 0 aromatic heterocycles. The van der Waals surface area contributed by atoms with Crippen LogP contribution in [0.3, 0.4) is 0 Å². The van der Waals surface area contributed by atoms with Gasteiger partial charge in [-0.1, -0.05) is 18.2 Å². The van der Waals surface area contributed by atoms with Gasteiger partial charge in [-0.2, -0.15) is 5.10 Å². The summed E-state index contributed by atoms with van der Waals surface area (Å²) in [5, 5.41) is 6.32. The first-order chi connectivity index (χ1) is 16.4. The summed E-state index contributed by atoms with van der Waals surface area (Å²) in [6.07, 6.45) is 1.33. The maximum Gasteiger partial charge on any atom is 0.343 e. The number of rotatable bonds is 7. The standard InChI is InChI=1S/C25H23N3O6/c1-16-6-4-5-7-20(16)27-23(29)24(30)28-26-15-17-8-13-21(22(14-17)33-3)34-25(31)18-9-11-19(32-2)12-10-18/h4-15H,1-3H3,(H,27,29)(H,28,30)/b26-15-. The lowest BCUT2D eigenvalue weighted by atomic mass is 10.2. The molecule has 9 nitrogen and oxygen atoms in total. The molecule has 0 fully saturated rings. The number of hydrogen-bond donors (Lipinski definition) is 2. The average Bonchev–Trinajstić information content (AvgIpc) is 2.86. The van der Waals surface area contributed by atoms with E-state index in [4.69, 9.17) is 14.2 Å². The van der Waals surface area contributed by atoms with Crippen molar-refractivity contribution in [3.8, 4) is 17.2 Å². The largest absolute Gasteiger partial charge is 0.497 e. The summed E-state index contributed by atoms with van der Waals surface area (Å²) in [7, 11) is 2.97. The number of amides is 2. The fraction of sp³-hybridized carbons (Fsp3) is 0.120. The molecule has 3 aromatic rings. The SMILES string of the molecule is COc1ccc(C(=O)Oc2ccc(/C=N\NC(=O)C(=O)Nc3ccccc3C)cc2OC)cc1. The molecule has 2 N–H and O–H groups in total. The molecule has 0 aliphatic rings. The van der Waals surface area contributed by atoms with E-state index < -0.39 is 17.8 Å². The number of carbonyl (C=O) groups excluding carboxylic acids is 3. The van der Waals surface area contributed by atoms with E-state index in [1.54, 1.807) is 48.5 Å². The second-order valence-electron chi connectivity index (χ2n) is 7.00. The second-order valence-corrected chi connectivity index (χ2v) is 7.00. The number of nitrogens with one attached hydrogen (secondary N) is 2. The van der Waals surface area contributed by atoms with Crippen molar-refractivity contribution in [2.75, 3.05) is 19.5 Å². The van der Waals surface area contributed by atoms with Crippen molar-refractivity contribution in [1.29, 1.82) is 0 Å². The summed E-state index contributed by atoms with van der Waals surface area (Å²) < 4.78 is 15.8. The number of benzene rings is 3. The molecular weight excluding hydrogens is 438 g/mol. The highest BCUT2D eigenvalue weighted by Gasteiger charge is 2.15. The number of anilines is 1. The summed E-state index contributed by atoms with van der Waals surface area (Å²) in [4.78, 5) is 36.4. The highest BCUT2D eigenvalue weighted by molar-refractivity contribution is 6.39. The van der Waals surface area contributed by atoms with E-state index in [0.29, 0.717) is 22.6 Å². The molecule has 0 unspecified atom stereocenters. The molecule has 0 spiro atoms. The van der Waals surface area contributed by atoms with Crippen LogP contribution < -0.4 is 25.0 Å². The topological polar surface area (TPSA) is 115 Å². The van der Waals surface area contributed by atoms with Crippen LogP contribution in [0.5, 0.6) is 17.2 Å². The lowest BCUT2D eigenvalue weighted by Crippen LogP contribution is -2.32. The van der Waals surface area contributed by atoms with E-state index in [1.165, 1.54) is 26.5 Å². The van der Waals surface area contributed by atoms with Crippen molar-refractivity contribution in [3.63, 3.8) is 0 Å². The van der Waals surface area contributed by atoms with Crippen molar-refractivity contribution < 1.29 is 28.6 Å². The molecule has 0 atom stereocenters. The van der Waals surface area contributed by atoms with Crippen LogP contribution in [0.15, 0.2) is 71.8 Å². The number of ether oxygens (including phenoxy) is 3. The van der Waals surface area contributed by atoms with Gasteiger partial charge in [-0.3, -0.25) is 9.59 Å². The first-order valence-electron chi connectivity index (χ1n) is 10.2. The lowest BCUT2D eigenvalue weighted by Gasteiger charge is -2.10. The molecule has 0 heterocycles. The maximum absolute atomic E-state index is 12.4. The molecule has 0 aliphatic carbocycles. The summed E-state index contributed by atoms with van der Waals surface area (Å²) in [6.45, 7) is 1.82. The van der Waals surface area contributed by atoms with Gasteiger partial charge < -0.3 is 19.5 Å². The Morgan fingerprint density at radius 2 is 1.59 bits per heavy atom. The Bertz CT molecular complexity index is 1220. The molecule has 0 saturated carbocycles. The Balaban J connectivity index is 1.61. The zero-order chi connectivity index (χ0) is 24.5.